The largest absolute Gasteiger partial charge is 0.484 e. The van der Waals surface area contributed by atoms with Crippen molar-refractivity contribution in [3.05, 3.63) is 97.9 Å². The van der Waals surface area contributed by atoms with Gasteiger partial charge in [-0.1, -0.05) is 94.8 Å². The third kappa shape index (κ3) is 8.47. The van der Waals surface area contributed by atoms with Crippen LogP contribution in [0.4, 0.5) is 0 Å². The summed E-state index contributed by atoms with van der Waals surface area (Å²) in [7, 11) is 0. The van der Waals surface area contributed by atoms with E-state index in [1.165, 1.54) is 6.42 Å². The van der Waals surface area contributed by atoms with Gasteiger partial charge in [-0.3, -0.25) is 9.59 Å². The molecule has 0 bridgehead atoms. The van der Waals surface area contributed by atoms with Crippen LogP contribution < -0.4 is 10.1 Å². The molecule has 1 fully saturated rings. The number of hydrogen-bond donors (Lipinski definition) is 1. The highest BCUT2D eigenvalue weighted by Gasteiger charge is 2.32. The Hall–Kier alpha value is -2.54. The second-order valence-electron chi connectivity index (χ2n) is 10.0. The number of nitrogens with zero attached hydrogens (tertiary/aromatic N) is 1. The van der Waals surface area contributed by atoms with Crippen LogP contribution in [0, 0.1) is 6.92 Å². The zero-order valence-electron chi connectivity index (χ0n) is 22.0. The molecule has 0 aromatic heterocycles. The lowest BCUT2D eigenvalue weighted by Crippen LogP contribution is -2.53. The summed E-state index contributed by atoms with van der Waals surface area (Å²) in [6.07, 6.45) is 5.67. The summed E-state index contributed by atoms with van der Waals surface area (Å²) in [5, 5.41) is 4.07. The zero-order chi connectivity index (χ0) is 27.8. The van der Waals surface area contributed by atoms with Crippen molar-refractivity contribution in [3.8, 4) is 5.75 Å². The maximum atomic E-state index is 13.8. The summed E-state index contributed by atoms with van der Waals surface area (Å²) >= 11 is 15.9. The number of benzene rings is 3. The molecule has 3 aromatic carbocycles. The normalized spacial score (nSPS) is 14.5. The van der Waals surface area contributed by atoms with Gasteiger partial charge in [0.05, 0.1) is 10.0 Å². The van der Waals surface area contributed by atoms with E-state index >= 15 is 0 Å². The molecule has 0 spiro atoms. The highest BCUT2D eigenvalue weighted by molar-refractivity contribution is 9.10. The maximum absolute atomic E-state index is 13.8. The van der Waals surface area contributed by atoms with E-state index in [9.17, 15) is 9.59 Å². The predicted octanol–water partition coefficient (Wildman–Crippen LogP) is 7.53. The Bertz CT molecular complexity index is 1280. The lowest BCUT2D eigenvalue weighted by Gasteiger charge is -2.33. The summed E-state index contributed by atoms with van der Waals surface area (Å²) in [5.74, 6) is 0.143. The zero-order valence-corrected chi connectivity index (χ0v) is 25.1. The molecular weight excluding hydrogens is 599 g/mol. The molecule has 1 atom stereocenters. The van der Waals surface area contributed by atoms with E-state index in [1.54, 1.807) is 17.0 Å². The monoisotopic (exact) mass is 630 g/mol. The first-order chi connectivity index (χ1) is 18.8. The van der Waals surface area contributed by atoms with E-state index in [2.05, 4.69) is 21.2 Å². The van der Waals surface area contributed by atoms with Gasteiger partial charge in [0, 0.05) is 23.5 Å². The number of nitrogens with one attached hydrogen (secondary N) is 1. The number of carbonyl (C=O) groups excluding carboxylic acids is 2. The Kier molecular flexibility index (Phi) is 10.7. The van der Waals surface area contributed by atoms with Crippen LogP contribution in [0.2, 0.25) is 10.0 Å². The average molecular weight is 632 g/mol. The molecular formula is C31H33BrCl2N2O3. The lowest BCUT2D eigenvalue weighted by atomic mass is 9.94. The number of ether oxygens (including phenoxy) is 1. The smallest absolute Gasteiger partial charge is 0.261 e. The van der Waals surface area contributed by atoms with Gasteiger partial charge in [0.1, 0.15) is 11.8 Å². The maximum Gasteiger partial charge on any atom is 0.261 e. The van der Waals surface area contributed by atoms with E-state index in [-0.39, 0.29) is 31.0 Å². The van der Waals surface area contributed by atoms with Gasteiger partial charge in [-0.2, -0.15) is 0 Å². The van der Waals surface area contributed by atoms with E-state index in [0.717, 1.165) is 46.8 Å². The van der Waals surface area contributed by atoms with Crippen LogP contribution in [0.3, 0.4) is 0 Å². The summed E-state index contributed by atoms with van der Waals surface area (Å²) in [6, 6.07) is 20.0. The quantitative estimate of drug-likeness (QED) is 0.252. The van der Waals surface area contributed by atoms with Crippen LogP contribution in [-0.2, 0) is 22.6 Å². The van der Waals surface area contributed by atoms with Crippen molar-refractivity contribution in [1.82, 2.24) is 10.2 Å². The average Bonchev–Trinajstić information content (AvgIpc) is 2.94. The number of aryl methyl sites for hydroxylation is 1. The molecule has 8 heteroatoms. The molecule has 1 N–H and O–H groups in total. The third-order valence-electron chi connectivity index (χ3n) is 7.05. The van der Waals surface area contributed by atoms with E-state index < -0.39 is 6.04 Å². The van der Waals surface area contributed by atoms with Crippen molar-refractivity contribution in [2.45, 2.75) is 64.1 Å². The second kappa shape index (κ2) is 14.2. The molecule has 0 aliphatic heterocycles. The van der Waals surface area contributed by atoms with Crippen LogP contribution in [0.25, 0.3) is 0 Å². The summed E-state index contributed by atoms with van der Waals surface area (Å²) in [6.45, 7) is 1.94. The molecule has 39 heavy (non-hydrogen) atoms. The van der Waals surface area contributed by atoms with Gasteiger partial charge >= 0.3 is 0 Å². The highest BCUT2D eigenvalue weighted by Crippen LogP contribution is 2.26. The minimum atomic E-state index is -0.730. The topological polar surface area (TPSA) is 58.6 Å². The molecule has 2 amide bonds. The molecule has 1 aliphatic rings. The van der Waals surface area contributed by atoms with Gasteiger partial charge in [-0.05, 0) is 66.8 Å². The molecule has 1 saturated carbocycles. The van der Waals surface area contributed by atoms with E-state index in [1.807, 2.05) is 61.5 Å². The molecule has 0 heterocycles. The predicted molar refractivity (Wildman–Crippen MR) is 160 cm³/mol. The van der Waals surface area contributed by atoms with Crippen LogP contribution >= 0.6 is 39.1 Å². The molecule has 0 radical (unpaired) electrons. The third-order valence-corrected chi connectivity index (χ3v) is 8.68. The SMILES string of the molecule is Cc1cc(OCC(=O)N(Cc2ccc(Cl)c(Cl)c2)[C@H](Cc2ccccc2)C(=O)NC2CCCCC2)ccc1Br. The number of rotatable bonds is 10. The van der Waals surface area contributed by atoms with Crippen molar-refractivity contribution >= 4 is 50.9 Å². The lowest BCUT2D eigenvalue weighted by molar-refractivity contribution is -0.143. The molecule has 206 valence electrons. The highest BCUT2D eigenvalue weighted by atomic mass is 79.9. The molecule has 0 saturated heterocycles. The fourth-order valence-electron chi connectivity index (χ4n) is 4.87. The summed E-state index contributed by atoms with van der Waals surface area (Å²) in [5.41, 5.74) is 2.75. The van der Waals surface area contributed by atoms with Gasteiger partial charge in [-0.15, -0.1) is 0 Å². The Morgan fingerprint density at radius 2 is 1.72 bits per heavy atom. The van der Waals surface area contributed by atoms with Gasteiger partial charge in [0.25, 0.3) is 5.91 Å². The van der Waals surface area contributed by atoms with Gasteiger partial charge in [0.2, 0.25) is 5.91 Å². The molecule has 5 nitrogen and oxygen atoms in total. The second-order valence-corrected chi connectivity index (χ2v) is 11.7. The fraction of sp³-hybridized carbons (Fsp3) is 0.355. The Balaban J connectivity index is 1.63. The molecule has 0 unspecified atom stereocenters. The van der Waals surface area contributed by atoms with E-state index in [0.29, 0.717) is 22.2 Å². The molecule has 1 aliphatic carbocycles. The van der Waals surface area contributed by atoms with Crippen molar-refractivity contribution in [2.24, 2.45) is 0 Å². The van der Waals surface area contributed by atoms with Gasteiger partial charge < -0.3 is 15.0 Å². The summed E-state index contributed by atoms with van der Waals surface area (Å²) < 4.78 is 6.87. The molecule has 3 aromatic rings. The van der Waals surface area contributed by atoms with Crippen LogP contribution in [-0.4, -0.2) is 35.4 Å². The minimum absolute atomic E-state index is 0.119. The molecule has 4 rings (SSSR count). The number of hydrogen-bond acceptors (Lipinski definition) is 3. The van der Waals surface area contributed by atoms with Crippen LogP contribution in [0.1, 0.15) is 48.8 Å². The van der Waals surface area contributed by atoms with Crippen molar-refractivity contribution in [1.29, 1.82) is 0 Å². The van der Waals surface area contributed by atoms with Gasteiger partial charge in [-0.25, -0.2) is 0 Å². The number of carbonyl (C=O) groups is 2. The van der Waals surface area contributed by atoms with Crippen molar-refractivity contribution in [2.75, 3.05) is 6.61 Å². The van der Waals surface area contributed by atoms with Crippen molar-refractivity contribution < 1.29 is 14.3 Å². The minimum Gasteiger partial charge on any atom is -0.484 e. The fourth-order valence-corrected chi connectivity index (χ4v) is 5.44. The first-order valence-electron chi connectivity index (χ1n) is 13.3. The van der Waals surface area contributed by atoms with Crippen LogP contribution in [0.5, 0.6) is 5.75 Å². The van der Waals surface area contributed by atoms with Crippen molar-refractivity contribution in [3.63, 3.8) is 0 Å². The van der Waals surface area contributed by atoms with Gasteiger partial charge in [0.15, 0.2) is 6.61 Å². The van der Waals surface area contributed by atoms with E-state index in [4.69, 9.17) is 27.9 Å². The number of halogens is 3. The Morgan fingerprint density at radius 1 is 0.974 bits per heavy atom. The Labute approximate surface area is 249 Å². The summed E-state index contributed by atoms with van der Waals surface area (Å²) in [4.78, 5) is 29.2. The first-order valence-corrected chi connectivity index (χ1v) is 14.8. The number of amides is 2. The Morgan fingerprint density at radius 3 is 2.41 bits per heavy atom. The first kappa shape index (κ1) is 29.4. The standard InChI is InChI=1S/C31H33BrCl2N2O3/c1-21-16-25(13-14-26(21)32)39-20-30(37)36(19-23-12-15-27(33)28(34)17-23)29(18-22-8-4-2-5-9-22)31(38)35-24-10-6-3-7-11-24/h2,4-5,8-9,12-17,24,29H,3,6-7,10-11,18-20H2,1H3,(H,35,38)/t29-/m1/s1. The van der Waals surface area contributed by atoms with Crippen LogP contribution in [0.15, 0.2) is 71.2 Å².